The predicted octanol–water partition coefficient (Wildman–Crippen LogP) is 0.152. The Kier molecular flexibility index (Phi) is 6.26. The minimum absolute atomic E-state index is 0.0391. The van der Waals surface area contributed by atoms with E-state index in [1.807, 2.05) is 0 Å². The van der Waals surface area contributed by atoms with Gasteiger partial charge in [-0.3, -0.25) is 9.59 Å². The number of hydrogen-bond acceptors (Lipinski definition) is 5. The number of nitrogens with zero attached hydrogens (tertiary/aromatic N) is 2. The summed E-state index contributed by atoms with van der Waals surface area (Å²) in [6, 6.07) is 2.46. The van der Waals surface area contributed by atoms with E-state index in [2.05, 4.69) is 0 Å². The lowest BCUT2D eigenvalue weighted by Crippen LogP contribution is -2.51. The molecule has 1 unspecified atom stereocenters. The van der Waals surface area contributed by atoms with Crippen LogP contribution in [0.4, 0.5) is 8.78 Å². The number of hydrogen-bond donors (Lipinski definition) is 1. The smallest absolute Gasteiger partial charge is 0.318 e. The summed E-state index contributed by atoms with van der Waals surface area (Å²) in [6.07, 6.45) is 0.109. The second kappa shape index (κ2) is 8.06. The average molecular weight is 392 g/mol. The third-order valence-corrected chi connectivity index (χ3v) is 4.94. The van der Waals surface area contributed by atoms with E-state index in [1.54, 1.807) is 0 Å². The number of morpholine rings is 1. The Labute approximate surface area is 149 Å². The molecule has 11 heteroatoms. The number of rotatable bonds is 6. The number of aliphatic carboxylic acids is 1. The predicted molar refractivity (Wildman–Crippen MR) is 86.1 cm³/mol. The number of ether oxygens (including phenoxy) is 1. The zero-order chi connectivity index (χ0) is 19.5. The maximum absolute atomic E-state index is 13.3. The molecule has 2 rings (SSSR count). The van der Waals surface area contributed by atoms with Gasteiger partial charge >= 0.3 is 5.97 Å². The number of carboxylic acids is 1. The van der Waals surface area contributed by atoms with Crippen molar-refractivity contribution in [3.05, 3.63) is 35.4 Å². The molecule has 1 heterocycles. The van der Waals surface area contributed by atoms with Gasteiger partial charge in [0, 0.05) is 31.3 Å². The molecule has 0 aromatic heterocycles. The van der Waals surface area contributed by atoms with Crippen molar-refractivity contribution in [2.45, 2.75) is 6.10 Å². The molecule has 0 spiro atoms. The third kappa shape index (κ3) is 5.44. The first-order chi connectivity index (χ1) is 12.1. The summed E-state index contributed by atoms with van der Waals surface area (Å²) in [5.74, 6) is -3.72. The minimum atomic E-state index is -3.79. The molecule has 1 aliphatic rings. The van der Waals surface area contributed by atoms with E-state index in [4.69, 9.17) is 9.84 Å². The van der Waals surface area contributed by atoms with Gasteiger partial charge in [0.1, 0.15) is 18.2 Å². The van der Waals surface area contributed by atoms with Gasteiger partial charge in [0.15, 0.2) is 0 Å². The van der Waals surface area contributed by atoms with Crippen molar-refractivity contribution >= 4 is 21.9 Å². The number of carbonyl (C=O) groups excluding carboxylic acids is 1. The van der Waals surface area contributed by atoms with Crippen molar-refractivity contribution < 1.29 is 36.6 Å². The normalized spacial score (nSPS) is 18.2. The summed E-state index contributed by atoms with van der Waals surface area (Å²) in [5, 5.41) is 8.84. The number of benzene rings is 1. The van der Waals surface area contributed by atoms with Crippen LogP contribution in [0.2, 0.25) is 0 Å². The van der Waals surface area contributed by atoms with Gasteiger partial charge < -0.3 is 14.7 Å². The van der Waals surface area contributed by atoms with E-state index >= 15 is 0 Å². The standard InChI is InChI=1S/C15H18F2N2O6S/c1-26(23,24)19(9-14(20)21)8-13-7-18(2-3-25-13)15(22)10-4-11(16)6-12(17)5-10/h4-6,13H,2-3,7-9H2,1H3,(H,20,21). The van der Waals surface area contributed by atoms with Crippen LogP contribution in [-0.4, -0.2) is 79.8 Å². The Morgan fingerprint density at radius 1 is 1.31 bits per heavy atom. The van der Waals surface area contributed by atoms with E-state index < -0.39 is 46.2 Å². The highest BCUT2D eigenvalue weighted by molar-refractivity contribution is 7.88. The van der Waals surface area contributed by atoms with Gasteiger partial charge in [0.05, 0.1) is 19.0 Å². The maximum atomic E-state index is 13.3. The van der Waals surface area contributed by atoms with Crippen LogP contribution >= 0.6 is 0 Å². The Morgan fingerprint density at radius 2 is 1.92 bits per heavy atom. The maximum Gasteiger partial charge on any atom is 0.318 e. The van der Waals surface area contributed by atoms with Crippen LogP contribution in [0.5, 0.6) is 0 Å². The van der Waals surface area contributed by atoms with Gasteiger partial charge in [0.25, 0.3) is 5.91 Å². The van der Waals surface area contributed by atoms with Crippen LogP contribution in [-0.2, 0) is 19.6 Å². The van der Waals surface area contributed by atoms with Gasteiger partial charge in [-0.15, -0.1) is 0 Å². The molecule has 1 aliphatic heterocycles. The van der Waals surface area contributed by atoms with Crippen LogP contribution in [0.15, 0.2) is 18.2 Å². The molecular weight excluding hydrogens is 374 g/mol. The third-order valence-electron chi connectivity index (χ3n) is 3.72. The fourth-order valence-electron chi connectivity index (χ4n) is 2.57. The molecule has 144 valence electrons. The molecule has 0 aliphatic carbocycles. The lowest BCUT2D eigenvalue weighted by Gasteiger charge is -2.34. The van der Waals surface area contributed by atoms with Crippen molar-refractivity contribution in [2.24, 2.45) is 0 Å². The molecule has 0 bridgehead atoms. The highest BCUT2D eigenvalue weighted by Crippen LogP contribution is 2.15. The Bertz CT molecular complexity index is 781. The van der Waals surface area contributed by atoms with E-state index in [0.717, 1.165) is 22.7 Å². The van der Waals surface area contributed by atoms with Gasteiger partial charge in [-0.2, -0.15) is 4.31 Å². The minimum Gasteiger partial charge on any atom is -0.480 e. The summed E-state index contributed by atoms with van der Waals surface area (Å²) in [6.45, 7) is -0.791. The van der Waals surface area contributed by atoms with Crippen molar-refractivity contribution in [2.75, 3.05) is 39.0 Å². The van der Waals surface area contributed by atoms with Crippen molar-refractivity contribution in [3.8, 4) is 0 Å². The van der Waals surface area contributed by atoms with Crippen LogP contribution in [0.1, 0.15) is 10.4 Å². The number of halogens is 2. The highest BCUT2D eigenvalue weighted by Gasteiger charge is 2.30. The van der Waals surface area contributed by atoms with Crippen molar-refractivity contribution in [1.29, 1.82) is 0 Å². The van der Waals surface area contributed by atoms with Gasteiger partial charge in [-0.25, -0.2) is 17.2 Å². The van der Waals surface area contributed by atoms with Crippen molar-refractivity contribution in [1.82, 2.24) is 9.21 Å². The van der Waals surface area contributed by atoms with E-state index in [0.29, 0.717) is 6.07 Å². The second-order valence-electron chi connectivity index (χ2n) is 5.85. The van der Waals surface area contributed by atoms with Gasteiger partial charge in [-0.05, 0) is 12.1 Å². The Balaban J connectivity index is 2.10. The lowest BCUT2D eigenvalue weighted by atomic mass is 10.1. The zero-order valence-corrected chi connectivity index (χ0v) is 14.7. The molecule has 8 nitrogen and oxygen atoms in total. The quantitative estimate of drug-likeness (QED) is 0.739. The molecular formula is C15H18F2N2O6S. The molecule has 0 radical (unpaired) electrons. The summed E-state index contributed by atoms with van der Waals surface area (Å²) in [5.41, 5.74) is -0.173. The number of sulfonamides is 1. The van der Waals surface area contributed by atoms with Crippen LogP contribution in [0.25, 0.3) is 0 Å². The fraction of sp³-hybridized carbons (Fsp3) is 0.467. The van der Waals surface area contributed by atoms with E-state index in [9.17, 15) is 26.8 Å². The molecule has 1 saturated heterocycles. The lowest BCUT2D eigenvalue weighted by molar-refractivity contribution is -0.137. The van der Waals surface area contributed by atoms with Crippen molar-refractivity contribution in [3.63, 3.8) is 0 Å². The molecule has 1 amide bonds. The first-order valence-corrected chi connectivity index (χ1v) is 9.45. The molecule has 0 saturated carbocycles. The first-order valence-electron chi connectivity index (χ1n) is 7.60. The SMILES string of the molecule is CS(=O)(=O)N(CC(=O)O)CC1CN(C(=O)c2cc(F)cc(F)c2)CCO1. The van der Waals surface area contributed by atoms with E-state index in [1.165, 1.54) is 4.90 Å². The average Bonchev–Trinajstić information content (AvgIpc) is 2.51. The number of carbonyl (C=O) groups is 2. The molecule has 1 aromatic carbocycles. The largest absolute Gasteiger partial charge is 0.480 e. The Hall–Kier alpha value is -2.11. The van der Waals surface area contributed by atoms with Crippen LogP contribution in [0, 0.1) is 11.6 Å². The summed E-state index contributed by atoms with van der Waals surface area (Å²) in [7, 11) is -3.79. The molecule has 1 fully saturated rings. The molecule has 1 atom stereocenters. The summed E-state index contributed by atoms with van der Waals surface area (Å²) < 4.78 is 56.1. The van der Waals surface area contributed by atoms with E-state index in [-0.39, 0.29) is 31.8 Å². The number of amides is 1. The first kappa shape index (κ1) is 20.2. The molecule has 1 N–H and O–H groups in total. The molecule has 1 aromatic rings. The highest BCUT2D eigenvalue weighted by atomic mass is 32.2. The summed E-state index contributed by atoms with van der Waals surface area (Å²) >= 11 is 0. The summed E-state index contributed by atoms with van der Waals surface area (Å²) in [4.78, 5) is 24.5. The van der Waals surface area contributed by atoms with Gasteiger partial charge in [-0.1, -0.05) is 0 Å². The van der Waals surface area contributed by atoms with Gasteiger partial charge in [0.2, 0.25) is 10.0 Å². The topological polar surface area (TPSA) is 104 Å². The van der Waals surface area contributed by atoms with Crippen LogP contribution < -0.4 is 0 Å². The zero-order valence-electron chi connectivity index (χ0n) is 13.9. The monoisotopic (exact) mass is 392 g/mol. The Morgan fingerprint density at radius 3 is 2.46 bits per heavy atom. The fourth-order valence-corrected chi connectivity index (χ4v) is 3.35. The molecule has 26 heavy (non-hydrogen) atoms. The second-order valence-corrected chi connectivity index (χ2v) is 7.83. The van der Waals surface area contributed by atoms with Crippen LogP contribution in [0.3, 0.4) is 0 Å². The number of carboxylic acid groups (broad SMARTS) is 1.